The molecule has 16 heavy (non-hydrogen) atoms. The van der Waals surface area contributed by atoms with Crippen LogP contribution < -0.4 is 5.73 Å². The molecular weight excluding hydrogens is 214 g/mol. The molecule has 0 aliphatic heterocycles. The monoisotopic (exact) mass is 243 g/mol. The van der Waals surface area contributed by atoms with Crippen molar-refractivity contribution in [2.24, 2.45) is 17.1 Å². The highest BCUT2D eigenvalue weighted by molar-refractivity contribution is 7.99. The summed E-state index contributed by atoms with van der Waals surface area (Å²) in [4.78, 5) is 0. The SMILES string of the molecule is CC(C)(CN)CCCCSCC1CCCC1. The average Bonchev–Trinajstić information content (AvgIpc) is 2.76. The Balaban J connectivity index is 1.88. The molecular formula is C14H29NS. The summed E-state index contributed by atoms with van der Waals surface area (Å²) in [5.41, 5.74) is 6.08. The second-order valence-electron chi connectivity index (χ2n) is 6.05. The third-order valence-corrected chi connectivity index (χ3v) is 5.06. The number of hydrogen-bond donors (Lipinski definition) is 1. The van der Waals surface area contributed by atoms with Gasteiger partial charge >= 0.3 is 0 Å². The Kier molecular flexibility index (Phi) is 6.83. The van der Waals surface area contributed by atoms with Crippen LogP contribution >= 0.6 is 11.8 Å². The lowest BCUT2D eigenvalue weighted by molar-refractivity contribution is 0.336. The number of nitrogens with two attached hydrogens (primary N) is 1. The molecule has 1 aliphatic carbocycles. The zero-order valence-electron chi connectivity index (χ0n) is 11.1. The summed E-state index contributed by atoms with van der Waals surface area (Å²) in [5.74, 6) is 3.82. The lowest BCUT2D eigenvalue weighted by atomic mass is 9.88. The lowest BCUT2D eigenvalue weighted by Crippen LogP contribution is -2.23. The van der Waals surface area contributed by atoms with Crippen LogP contribution in [0, 0.1) is 11.3 Å². The molecule has 0 saturated heterocycles. The fourth-order valence-corrected chi connectivity index (χ4v) is 3.58. The zero-order chi connectivity index (χ0) is 11.9. The Morgan fingerprint density at radius 3 is 2.50 bits per heavy atom. The first-order valence-corrected chi connectivity index (χ1v) is 8.07. The molecule has 1 nitrogen and oxygen atoms in total. The lowest BCUT2D eigenvalue weighted by Gasteiger charge is -2.21. The standard InChI is InChI=1S/C14H29NS/c1-14(2,12-15)9-5-6-10-16-11-13-7-3-4-8-13/h13H,3-12,15H2,1-2H3. The van der Waals surface area contributed by atoms with Crippen molar-refractivity contribution in [3.63, 3.8) is 0 Å². The van der Waals surface area contributed by atoms with Gasteiger partial charge in [0.15, 0.2) is 0 Å². The number of rotatable bonds is 8. The van der Waals surface area contributed by atoms with E-state index < -0.39 is 0 Å². The maximum atomic E-state index is 5.72. The van der Waals surface area contributed by atoms with Gasteiger partial charge in [0, 0.05) is 0 Å². The molecule has 1 aliphatic rings. The normalized spacial score (nSPS) is 18.2. The molecule has 0 unspecified atom stereocenters. The Hall–Kier alpha value is 0.310. The smallest absolute Gasteiger partial charge is 0.00258 e. The van der Waals surface area contributed by atoms with Gasteiger partial charge in [0.05, 0.1) is 0 Å². The van der Waals surface area contributed by atoms with Gasteiger partial charge in [0.25, 0.3) is 0 Å². The van der Waals surface area contributed by atoms with E-state index in [2.05, 4.69) is 25.6 Å². The van der Waals surface area contributed by atoms with Gasteiger partial charge in [-0.1, -0.05) is 33.1 Å². The fourth-order valence-electron chi connectivity index (χ4n) is 2.34. The number of hydrogen-bond acceptors (Lipinski definition) is 2. The third-order valence-electron chi connectivity index (χ3n) is 3.77. The highest BCUT2D eigenvalue weighted by atomic mass is 32.2. The van der Waals surface area contributed by atoms with E-state index in [1.165, 1.54) is 56.5 Å². The quantitative estimate of drug-likeness (QED) is 0.650. The average molecular weight is 243 g/mol. The van der Waals surface area contributed by atoms with Gasteiger partial charge in [0.2, 0.25) is 0 Å². The molecule has 0 aromatic carbocycles. The Morgan fingerprint density at radius 1 is 1.19 bits per heavy atom. The first-order chi connectivity index (χ1) is 7.64. The van der Waals surface area contributed by atoms with E-state index in [9.17, 15) is 0 Å². The van der Waals surface area contributed by atoms with Crippen molar-refractivity contribution >= 4 is 11.8 Å². The second kappa shape index (κ2) is 7.60. The predicted octanol–water partition coefficient (Wildman–Crippen LogP) is 4.07. The van der Waals surface area contributed by atoms with Crippen molar-refractivity contribution in [2.75, 3.05) is 18.1 Å². The Labute approximate surface area is 106 Å². The van der Waals surface area contributed by atoms with E-state index in [1.807, 2.05) is 0 Å². The van der Waals surface area contributed by atoms with Crippen LogP contribution in [0.1, 0.15) is 58.8 Å². The molecule has 0 heterocycles. The van der Waals surface area contributed by atoms with E-state index in [-0.39, 0.29) is 0 Å². The van der Waals surface area contributed by atoms with Gasteiger partial charge in [-0.25, -0.2) is 0 Å². The van der Waals surface area contributed by atoms with Crippen LogP contribution in [0.15, 0.2) is 0 Å². The van der Waals surface area contributed by atoms with Gasteiger partial charge in [0.1, 0.15) is 0 Å². The number of thioether (sulfide) groups is 1. The summed E-state index contributed by atoms with van der Waals surface area (Å²) in [5, 5.41) is 0. The van der Waals surface area contributed by atoms with Gasteiger partial charge in [-0.05, 0) is 55.1 Å². The topological polar surface area (TPSA) is 26.0 Å². The van der Waals surface area contributed by atoms with E-state index in [1.54, 1.807) is 0 Å². The van der Waals surface area contributed by atoms with E-state index in [4.69, 9.17) is 5.73 Å². The van der Waals surface area contributed by atoms with Crippen LogP contribution in [0.2, 0.25) is 0 Å². The molecule has 2 N–H and O–H groups in total. The molecule has 1 fully saturated rings. The van der Waals surface area contributed by atoms with E-state index in [0.29, 0.717) is 5.41 Å². The molecule has 96 valence electrons. The molecule has 2 heteroatoms. The molecule has 0 bridgehead atoms. The molecule has 0 radical (unpaired) electrons. The van der Waals surface area contributed by atoms with Crippen molar-refractivity contribution in [3.8, 4) is 0 Å². The predicted molar refractivity (Wildman–Crippen MR) is 76.0 cm³/mol. The highest BCUT2D eigenvalue weighted by Crippen LogP contribution is 2.28. The van der Waals surface area contributed by atoms with Crippen molar-refractivity contribution in [3.05, 3.63) is 0 Å². The zero-order valence-corrected chi connectivity index (χ0v) is 12.0. The first-order valence-electron chi connectivity index (χ1n) is 6.92. The molecule has 1 rings (SSSR count). The molecule has 0 aromatic rings. The van der Waals surface area contributed by atoms with Crippen molar-refractivity contribution in [1.82, 2.24) is 0 Å². The molecule has 0 aromatic heterocycles. The summed E-state index contributed by atoms with van der Waals surface area (Å²) < 4.78 is 0. The van der Waals surface area contributed by atoms with Crippen LogP contribution in [0.3, 0.4) is 0 Å². The molecule has 0 spiro atoms. The van der Waals surface area contributed by atoms with Crippen LogP contribution in [-0.4, -0.2) is 18.1 Å². The molecule has 0 amide bonds. The minimum absolute atomic E-state index is 0.357. The van der Waals surface area contributed by atoms with Gasteiger partial charge in [-0.15, -0.1) is 0 Å². The Bertz CT molecular complexity index is 174. The fraction of sp³-hybridized carbons (Fsp3) is 1.00. The summed E-state index contributed by atoms with van der Waals surface area (Å²) in [7, 11) is 0. The van der Waals surface area contributed by atoms with Gasteiger partial charge in [-0.2, -0.15) is 11.8 Å². The summed E-state index contributed by atoms with van der Waals surface area (Å²) in [6, 6.07) is 0. The summed E-state index contributed by atoms with van der Waals surface area (Å²) in [6.07, 6.45) is 9.96. The summed E-state index contributed by atoms with van der Waals surface area (Å²) in [6.45, 7) is 5.37. The summed E-state index contributed by atoms with van der Waals surface area (Å²) >= 11 is 2.18. The third kappa shape index (κ3) is 6.15. The van der Waals surface area contributed by atoms with Crippen LogP contribution in [0.4, 0.5) is 0 Å². The maximum absolute atomic E-state index is 5.72. The highest BCUT2D eigenvalue weighted by Gasteiger charge is 2.15. The van der Waals surface area contributed by atoms with Crippen LogP contribution in [0.25, 0.3) is 0 Å². The maximum Gasteiger partial charge on any atom is -0.00258 e. The number of unbranched alkanes of at least 4 members (excludes halogenated alkanes) is 1. The van der Waals surface area contributed by atoms with Crippen LogP contribution in [0.5, 0.6) is 0 Å². The largest absolute Gasteiger partial charge is 0.330 e. The first kappa shape index (κ1) is 14.4. The van der Waals surface area contributed by atoms with E-state index in [0.717, 1.165) is 12.5 Å². The van der Waals surface area contributed by atoms with Crippen molar-refractivity contribution < 1.29 is 0 Å². The minimum Gasteiger partial charge on any atom is -0.330 e. The van der Waals surface area contributed by atoms with Crippen LogP contribution in [-0.2, 0) is 0 Å². The minimum atomic E-state index is 0.357. The van der Waals surface area contributed by atoms with Gasteiger partial charge in [-0.3, -0.25) is 0 Å². The van der Waals surface area contributed by atoms with Crippen molar-refractivity contribution in [1.29, 1.82) is 0 Å². The molecule has 1 saturated carbocycles. The van der Waals surface area contributed by atoms with Gasteiger partial charge < -0.3 is 5.73 Å². The van der Waals surface area contributed by atoms with E-state index >= 15 is 0 Å². The Morgan fingerprint density at radius 2 is 1.88 bits per heavy atom. The van der Waals surface area contributed by atoms with Crippen molar-refractivity contribution in [2.45, 2.75) is 58.8 Å². The second-order valence-corrected chi connectivity index (χ2v) is 7.20. The molecule has 0 atom stereocenters.